The largest absolute Gasteiger partial charge is 0.497 e. The molecule has 2 unspecified atom stereocenters. The van der Waals surface area contributed by atoms with Crippen LogP contribution >= 0.6 is 11.6 Å². The molecule has 3 aliphatic heterocycles. The van der Waals surface area contributed by atoms with Crippen LogP contribution in [0.4, 0.5) is 5.82 Å². The maximum Gasteiger partial charge on any atom is 0.251 e. The van der Waals surface area contributed by atoms with Crippen LogP contribution in [-0.2, 0) is 20.9 Å². The Balaban J connectivity index is 0.000000228. The summed E-state index contributed by atoms with van der Waals surface area (Å²) < 4.78 is 11.0. The van der Waals surface area contributed by atoms with Crippen molar-refractivity contribution in [2.75, 3.05) is 104 Å². The zero-order valence-corrected chi connectivity index (χ0v) is 46.1. The average Bonchev–Trinajstić information content (AvgIpc) is 3.97. The van der Waals surface area contributed by atoms with Crippen LogP contribution in [0.2, 0.25) is 5.02 Å². The first-order valence-electron chi connectivity index (χ1n) is 27.1. The third-order valence-corrected chi connectivity index (χ3v) is 14.9. The standard InChI is InChI=1S/C31H42N6O5.C26H35ClN8O/c1-3-42-29-18-28(41-2)11-10-25(29)19-34-21-30(39)37-15-5-9-26(22-37)23-7-4-8-24(17-23)31(40)35-14-12-27(36-32)20-33-13-6-16-38;1-33-14-16-34(17-15-33)11-7-22(19-2-4-20(27)5-3-19)32-25(36)26(28)8-12-35(13-9-26)24-21-6-10-29-23(21)30-18-31-24/h4,7-8,10-11,16-18,20,26,34H,3,5-6,9,12-15,19,21-22,32H2,1-2H3,(H,35,40);2-6,10,18,22H,7-9,11-17,28H2,1H3,(H,32,36)(H,29,30,31)/b33-20?,36-27-;. The van der Waals surface area contributed by atoms with Gasteiger partial charge in [-0.3, -0.25) is 19.4 Å². The molecule has 8 N–H and O–H groups in total. The Hall–Kier alpha value is -6.97. The Morgan fingerprint density at radius 3 is 2.54 bits per heavy atom. The van der Waals surface area contributed by atoms with Gasteiger partial charge in [0, 0.05) is 132 Å². The van der Waals surface area contributed by atoms with Gasteiger partial charge >= 0.3 is 0 Å². The fraction of sp³-hybridized carbons (Fsp3) is 0.474. The Bertz CT molecular complexity index is 2790. The van der Waals surface area contributed by atoms with Gasteiger partial charge in [-0.05, 0) is 93.6 Å². The third kappa shape index (κ3) is 16.8. The number of methoxy groups -OCH3 is 1. The van der Waals surface area contributed by atoms with Crippen molar-refractivity contribution in [1.82, 2.24) is 45.6 Å². The molecule has 3 amide bonds. The van der Waals surface area contributed by atoms with Gasteiger partial charge in [0.05, 0.1) is 42.9 Å². The first-order valence-corrected chi connectivity index (χ1v) is 27.4. The number of hydrogen-bond donors (Lipinski definition) is 6. The lowest BCUT2D eigenvalue weighted by molar-refractivity contribution is -0.131. The van der Waals surface area contributed by atoms with E-state index in [1.54, 1.807) is 19.5 Å². The molecule has 0 spiro atoms. The second kappa shape index (κ2) is 29.7. The number of rotatable bonds is 23. The van der Waals surface area contributed by atoms with E-state index in [0.717, 1.165) is 103 Å². The minimum Gasteiger partial charge on any atom is -0.497 e. The Kier molecular flexibility index (Phi) is 22.3. The number of carbonyl (C=O) groups is 4. The molecule has 0 radical (unpaired) electrons. The molecule has 5 heterocycles. The van der Waals surface area contributed by atoms with Gasteiger partial charge in [-0.2, -0.15) is 5.10 Å². The summed E-state index contributed by atoms with van der Waals surface area (Å²) in [6, 6.07) is 22.9. The molecule has 0 saturated carbocycles. The summed E-state index contributed by atoms with van der Waals surface area (Å²) in [5, 5.41) is 14.8. The van der Waals surface area contributed by atoms with E-state index in [1.807, 2.05) is 84.8 Å². The molecule has 0 aliphatic carbocycles. The summed E-state index contributed by atoms with van der Waals surface area (Å²) in [6.45, 7) is 11.7. The number of ether oxygens (including phenoxy) is 2. The lowest BCUT2D eigenvalue weighted by Gasteiger charge is -2.39. The zero-order chi connectivity index (χ0) is 55.3. The number of nitrogens with two attached hydrogens (primary N) is 2. The van der Waals surface area contributed by atoms with Crippen molar-refractivity contribution in [3.8, 4) is 11.5 Å². The maximum absolute atomic E-state index is 13.5. The van der Waals surface area contributed by atoms with Crippen molar-refractivity contribution < 1.29 is 28.7 Å². The number of piperazine rings is 1. The molecule has 20 nitrogen and oxygen atoms in total. The van der Waals surface area contributed by atoms with Crippen molar-refractivity contribution in [2.24, 2.45) is 21.7 Å². The smallest absolute Gasteiger partial charge is 0.251 e. The topological polar surface area (TPSA) is 254 Å². The molecule has 3 aromatic carbocycles. The predicted molar refractivity (Wildman–Crippen MR) is 307 cm³/mol. The van der Waals surface area contributed by atoms with E-state index in [-0.39, 0.29) is 36.2 Å². The molecule has 2 aromatic heterocycles. The second-order valence-electron chi connectivity index (χ2n) is 20.0. The van der Waals surface area contributed by atoms with Crippen molar-refractivity contribution in [2.45, 2.75) is 75.9 Å². The normalized spacial score (nSPS) is 17.5. The van der Waals surface area contributed by atoms with Crippen LogP contribution in [0.15, 0.2) is 95.4 Å². The highest BCUT2D eigenvalue weighted by Gasteiger charge is 2.39. The van der Waals surface area contributed by atoms with Crippen molar-refractivity contribution >= 4 is 64.4 Å². The summed E-state index contributed by atoms with van der Waals surface area (Å²) in [5.74, 6) is 7.68. The van der Waals surface area contributed by atoms with Crippen LogP contribution in [0, 0.1) is 0 Å². The third-order valence-electron chi connectivity index (χ3n) is 14.7. The van der Waals surface area contributed by atoms with Crippen LogP contribution in [0.5, 0.6) is 11.5 Å². The number of nitrogens with one attached hydrogen (secondary N) is 4. The number of fused-ring (bicyclic) bond motifs is 1. The van der Waals surface area contributed by atoms with E-state index in [9.17, 15) is 19.2 Å². The fourth-order valence-corrected chi connectivity index (χ4v) is 10.1. The highest BCUT2D eigenvalue weighted by atomic mass is 35.5. The molecular formula is C57H77ClN14O6. The predicted octanol–water partition coefficient (Wildman–Crippen LogP) is 5.09. The molecule has 21 heteroatoms. The summed E-state index contributed by atoms with van der Waals surface area (Å²) in [6.07, 6.45) is 10.3. The van der Waals surface area contributed by atoms with E-state index in [1.165, 1.54) is 6.21 Å². The summed E-state index contributed by atoms with van der Waals surface area (Å²) in [4.78, 5) is 74.7. The lowest BCUT2D eigenvalue weighted by Crippen LogP contribution is -2.60. The molecule has 0 bridgehead atoms. The number of hydrazone groups is 1. The van der Waals surface area contributed by atoms with E-state index >= 15 is 0 Å². The number of anilines is 1. The van der Waals surface area contributed by atoms with Gasteiger partial charge in [0.1, 0.15) is 35.6 Å². The van der Waals surface area contributed by atoms with Crippen LogP contribution in [0.1, 0.15) is 90.9 Å². The lowest BCUT2D eigenvalue weighted by atomic mass is 9.87. The number of aldehydes is 1. The average molecular weight is 1090 g/mol. The number of hydrogen-bond acceptors (Lipinski definition) is 16. The summed E-state index contributed by atoms with van der Waals surface area (Å²) in [5.41, 5.74) is 10.8. The molecule has 8 rings (SSSR count). The van der Waals surface area contributed by atoms with E-state index < -0.39 is 5.54 Å². The van der Waals surface area contributed by atoms with Gasteiger partial charge < -0.3 is 66.4 Å². The summed E-state index contributed by atoms with van der Waals surface area (Å²) in [7, 11) is 3.78. The molecule has 78 heavy (non-hydrogen) atoms. The number of piperidine rings is 2. The van der Waals surface area contributed by atoms with Crippen LogP contribution < -0.4 is 41.9 Å². The fourth-order valence-electron chi connectivity index (χ4n) is 9.95. The van der Waals surface area contributed by atoms with E-state index in [4.69, 9.17) is 32.7 Å². The van der Waals surface area contributed by atoms with Crippen molar-refractivity contribution in [3.05, 3.63) is 113 Å². The first-order chi connectivity index (χ1) is 37.9. The Labute approximate surface area is 462 Å². The molecular weight excluding hydrogens is 1010 g/mol. The zero-order valence-electron chi connectivity index (χ0n) is 45.3. The Morgan fingerprint density at radius 1 is 1.00 bits per heavy atom. The molecule has 418 valence electrons. The van der Waals surface area contributed by atoms with Crippen molar-refractivity contribution in [3.63, 3.8) is 0 Å². The van der Waals surface area contributed by atoms with Crippen LogP contribution in [0.3, 0.4) is 0 Å². The molecule has 2 atom stereocenters. The molecule has 3 saturated heterocycles. The SMILES string of the molecule is CCOc1cc(OC)ccc1CNCC(=O)N1CCCC(c2cccc(C(=O)NCC/C(C=NCCC=O)=N/N)c2)C1.CN1CCN(CCC(NC(=O)C2(N)CCN(c3ncnc4[nH]ccc34)CC2)c2ccc(Cl)cc2)CC1. The van der Waals surface area contributed by atoms with Gasteiger partial charge in [0.25, 0.3) is 5.91 Å². The monoisotopic (exact) mass is 1090 g/mol. The number of aliphatic imine (C=N–C) groups is 1. The number of aromatic amines is 1. The number of likely N-dealkylation sites (tertiary alicyclic amines) is 1. The number of likely N-dealkylation sites (N-methyl/N-ethyl adjacent to an activating group) is 1. The number of amides is 3. The number of carbonyl (C=O) groups excluding carboxylic acids is 4. The van der Waals surface area contributed by atoms with Crippen molar-refractivity contribution in [1.29, 1.82) is 0 Å². The number of H-pyrrole nitrogens is 1. The van der Waals surface area contributed by atoms with E-state index in [2.05, 4.69) is 62.7 Å². The Morgan fingerprint density at radius 2 is 1.79 bits per heavy atom. The molecule has 3 fully saturated rings. The number of halogens is 1. The van der Waals surface area contributed by atoms with Gasteiger partial charge in [0.2, 0.25) is 11.8 Å². The second-order valence-corrected chi connectivity index (χ2v) is 20.5. The first kappa shape index (κ1) is 58.7. The van der Waals surface area contributed by atoms with Gasteiger partial charge in [-0.25, -0.2) is 9.97 Å². The molecule has 5 aromatic rings. The molecule has 3 aliphatic rings. The maximum atomic E-state index is 13.5. The number of aromatic nitrogens is 3. The van der Waals surface area contributed by atoms with Gasteiger partial charge in [-0.15, -0.1) is 0 Å². The quantitative estimate of drug-likeness (QED) is 0.0164. The van der Waals surface area contributed by atoms with Gasteiger partial charge in [0.15, 0.2) is 0 Å². The highest BCUT2D eigenvalue weighted by molar-refractivity contribution is 6.31. The minimum absolute atomic E-state index is 0.0483. The van der Waals surface area contributed by atoms with Crippen LogP contribution in [0.25, 0.3) is 11.0 Å². The van der Waals surface area contributed by atoms with Gasteiger partial charge in [-0.1, -0.05) is 41.9 Å². The summed E-state index contributed by atoms with van der Waals surface area (Å²) >= 11 is 6.14. The highest BCUT2D eigenvalue weighted by Crippen LogP contribution is 2.31. The van der Waals surface area contributed by atoms with Crippen LogP contribution in [-0.4, -0.2) is 170 Å². The number of benzene rings is 3. The minimum atomic E-state index is -0.917. The number of nitrogens with zero attached hydrogens (tertiary/aromatic N) is 8. The van der Waals surface area contributed by atoms with E-state index in [0.29, 0.717) is 94.4 Å².